The first kappa shape index (κ1) is 21.0. The number of hydrogen-bond acceptors (Lipinski definition) is 2. The van der Waals surface area contributed by atoms with Crippen LogP contribution in [0.1, 0.15) is 68.6 Å². The Morgan fingerprint density at radius 3 is 2.15 bits per heavy atom. The van der Waals surface area contributed by atoms with Crippen molar-refractivity contribution < 1.29 is 9.53 Å². The third-order valence-corrected chi connectivity index (χ3v) is 4.95. The lowest BCUT2D eigenvalue weighted by Gasteiger charge is -2.17. The van der Waals surface area contributed by atoms with Crippen molar-refractivity contribution in [2.24, 2.45) is 0 Å². The van der Waals surface area contributed by atoms with Crippen LogP contribution in [0, 0.1) is 0 Å². The molecule has 0 aliphatic carbocycles. The molecule has 144 valence electrons. The second-order valence-electron chi connectivity index (χ2n) is 7.14. The first-order chi connectivity index (χ1) is 13.2. The van der Waals surface area contributed by atoms with Gasteiger partial charge in [0.1, 0.15) is 5.75 Å². The molecule has 0 N–H and O–H groups in total. The van der Waals surface area contributed by atoms with Crippen LogP contribution in [0.15, 0.2) is 61.2 Å². The Kier molecular flexibility index (Phi) is 8.83. The monoisotopic (exact) mass is 364 g/mol. The Labute approximate surface area is 164 Å². The number of benzene rings is 2. The van der Waals surface area contributed by atoms with Crippen LogP contribution >= 0.6 is 0 Å². The van der Waals surface area contributed by atoms with Crippen molar-refractivity contribution in [2.45, 2.75) is 64.7 Å². The molecular weight excluding hydrogens is 332 g/mol. The highest BCUT2D eigenvalue weighted by Gasteiger charge is 2.11. The van der Waals surface area contributed by atoms with E-state index in [4.69, 9.17) is 4.74 Å². The Bertz CT molecular complexity index is 698. The minimum Gasteiger partial charge on any atom is -0.423 e. The first-order valence-corrected chi connectivity index (χ1v) is 10.2. The van der Waals surface area contributed by atoms with E-state index in [0.29, 0.717) is 11.7 Å². The molecule has 1 unspecified atom stereocenters. The van der Waals surface area contributed by atoms with E-state index in [1.807, 2.05) is 24.3 Å². The average Bonchev–Trinajstić information content (AvgIpc) is 2.69. The van der Waals surface area contributed by atoms with Crippen molar-refractivity contribution in [3.8, 4) is 5.75 Å². The van der Waals surface area contributed by atoms with Crippen molar-refractivity contribution >= 4 is 5.97 Å². The van der Waals surface area contributed by atoms with Crippen molar-refractivity contribution in [1.82, 2.24) is 0 Å². The van der Waals surface area contributed by atoms with Crippen LogP contribution in [-0.4, -0.2) is 5.97 Å². The van der Waals surface area contributed by atoms with Gasteiger partial charge in [-0.05, 0) is 66.8 Å². The minimum absolute atomic E-state index is 0.421. The van der Waals surface area contributed by atoms with E-state index in [2.05, 4.69) is 44.7 Å². The molecule has 0 aliphatic rings. The summed E-state index contributed by atoms with van der Waals surface area (Å²) in [7, 11) is 0. The second kappa shape index (κ2) is 11.4. The van der Waals surface area contributed by atoms with Gasteiger partial charge in [0.05, 0.1) is 0 Å². The summed E-state index contributed by atoms with van der Waals surface area (Å²) >= 11 is 0. The van der Waals surface area contributed by atoms with Gasteiger partial charge in [0.25, 0.3) is 0 Å². The molecule has 0 heterocycles. The van der Waals surface area contributed by atoms with Gasteiger partial charge in [-0.15, -0.1) is 0 Å². The highest BCUT2D eigenvalue weighted by molar-refractivity contribution is 5.83. The molecule has 0 saturated heterocycles. The van der Waals surface area contributed by atoms with Gasteiger partial charge in [-0.2, -0.15) is 0 Å². The van der Waals surface area contributed by atoms with Gasteiger partial charge in [0.15, 0.2) is 0 Å². The Morgan fingerprint density at radius 1 is 0.926 bits per heavy atom. The quantitative estimate of drug-likeness (QED) is 0.254. The fourth-order valence-corrected chi connectivity index (χ4v) is 3.51. The minimum atomic E-state index is -0.421. The zero-order chi connectivity index (χ0) is 19.5. The van der Waals surface area contributed by atoms with E-state index in [1.54, 1.807) is 0 Å². The second-order valence-corrected chi connectivity index (χ2v) is 7.14. The van der Waals surface area contributed by atoms with Gasteiger partial charge < -0.3 is 4.74 Å². The smallest absolute Gasteiger partial charge is 0.335 e. The lowest BCUT2D eigenvalue weighted by Crippen LogP contribution is -2.03. The molecule has 27 heavy (non-hydrogen) atoms. The molecule has 1 atom stereocenters. The summed E-state index contributed by atoms with van der Waals surface area (Å²) in [6, 6.07) is 17.0. The van der Waals surface area contributed by atoms with Gasteiger partial charge in [-0.3, -0.25) is 0 Å². The predicted molar refractivity (Wildman–Crippen MR) is 113 cm³/mol. The number of carbonyl (C=O) groups is 1. The summed E-state index contributed by atoms with van der Waals surface area (Å²) in [6.45, 7) is 7.90. The molecule has 2 rings (SSSR count). The number of rotatable bonds is 11. The largest absolute Gasteiger partial charge is 0.423 e. The molecule has 2 heteroatoms. The molecule has 0 aromatic heterocycles. The predicted octanol–water partition coefficient (Wildman–Crippen LogP) is 6.64. The first-order valence-electron chi connectivity index (χ1n) is 10.2. The van der Waals surface area contributed by atoms with E-state index in [9.17, 15) is 4.79 Å². The van der Waals surface area contributed by atoms with Crippen LogP contribution in [-0.2, 0) is 17.6 Å². The van der Waals surface area contributed by atoms with E-state index in [0.717, 1.165) is 19.3 Å². The van der Waals surface area contributed by atoms with Crippen molar-refractivity contribution in [3.63, 3.8) is 0 Å². The molecule has 2 aromatic rings. The molecular formula is C25H32O2. The van der Waals surface area contributed by atoms with E-state index in [1.165, 1.54) is 48.4 Å². The molecule has 2 nitrogen and oxygen atoms in total. The van der Waals surface area contributed by atoms with E-state index in [-0.39, 0.29) is 0 Å². The van der Waals surface area contributed by atoms with Crippen molar-refractivity contribution in [1.29, 1.82) is 0 Å². The number of aryl methyl sites for hydroxylation is 2. The van der Waals surface area contributed by atoms with Crippen LogP contribution in [0.4, 0.5) is 0 Å². The molecule has 0 bridgehead atoms. The normalized spacial score (nSPS) is 11.8. The van der Waals surface area contributed by atoms with Crippen LogP contribution in [0.25, 0.3) is 0 Å². The Morgan fingerprint density at radius 2 is 1.56 bits per heavy atom. The summed E-state index contributed by atoms with van der Waals surface area (Å²) in [4.78, 5) is 11.2. The molecule has 0 aliphatic heterocycles. The lowest BCUT2D eigenvalue weighted by molar-refractivity contribution is -0.128. The van der Waals surface area contributed by atoms with Gasteiger partial charge in [-0.1, -0.05) is 69.7 Å². The molecule has 0 amide bonds. The summed E-state index contributed by atoms with van der Waals surface area (Å²) in [5.74, 6) is 0.785. The highest BCUT2D eigenvalue weighted by atomic mass is 16.5. The van der Waals surface area contributed by atoms with Gasteiger partial charge in [0.2, 0.25) is 0 Å². The lowest BCUT2D eigenvalue weighted by atomic mass is 9.88. The van der Waals surface area contributed by atoms with E-state index < -0.39 is 5.97 Å². The topological polar surface area (TPSA) is 26.3 Å². The van der Waals surface area contributed by atoms with E-state index >= 15 is 0 Å². The molecule has 0 radical (unpaired) electrons. The zero-order valence-electron chi connectivity index (χ0n) is 16.7. The molecule has 2 aromatic carbocycles. The molecule has 0 fully saturated rings. The molecule has 0 spiro atoms. The SMILES string of the molecule is C=CC(=O)Oc1ccc(CCCC(CCC)c2ccc(CCC)cc2)cc1. The van der Waals surface area contributed by atoms with Gasteiger partial charge >= 0.3 is 5.97 Å². The number of ether oxygens (including phenoxy) is 1. The summed E-state index contributed by atoms with van der Waals surface area (Å²) in [5.41, 5.74) is 4.19. The van der Waals surface area contributed by atoms with Gasteiger partial charge in [-0.25, -0.2) is 4.79 Å². The zero-order valence-corrected chi connectivity index (χ0v) is 16.7. The van der Waals surface area contributed by atoms with Crippen LogP contribution in [0.2, 0.25) is 0 Å². The number of esters is 1. The fourth-order valence-electron chi connectivity index (χ4n) is 3.51. The van der Waals surface area contributed by atoms with Crippen LogP contribution < -0.4 is 4.74 Å². The maximum absolute atomic E-state index is 11.2. The van der Waals surface area contributed by atoms with Crippen molar-refractivity contribution in [2.75, 3.05) is 0 Å². The number of hydrogen-bond donors (Lipinski definition) is 0. The summed E-state index contributed by atoms with van der Waals surface area (Å²) in [6.07, 6.45) is 9.40. The van der Waals surface area contributed by atoms with Crippen LogP contribution in [0.5, 0.6) is 5.75 Å². The summed E-state index contributed by atoms with van der Waals surface area (Å²) in [5, 5.41) is 0. The van der Waals surface area contributed by atoms with Gasteiger partial charge in [0, 0.05) is 6.08 Å². The third kappa shape index (κ3) is 7.05. The third-order valence-electron chi connectivity index (χ3n) is 4.95. The average molecular weight is 365 g/mol. The number of carbonyl (C=O) groups excluding carboxylic acids is 1. The standard InChI is InChI=1S/C25H32O2/c1-4-8-20-12-16-23(17-13-20)22(9-5-2)11-7-10-21-14-18-24(19-15-21)27-25(26)6-3/h6,12-19,22H,3-5,7-11H2,1-2H3. The maximum Gasteiger partial charge on any atom is 0.335 e. The Balaban J connectivity index is 1.88. The highest BCUT2D eigenvalue weighted by Crippen LogP contribution is 2.28. The maximum atomic E-state index is 11.2. The fraction of sp³-hybridized carbons (Fsp3) is 0.400. The summed E-state index contributed by atoms with van der Waals surface area (Å²) < 4.78 is 5.12. The van der Waals surface area contributed by atoms with Crippen molar-refractivity contribution in [3.05, 3.63) is 77.9 Å². The Hall–Kier alpha value is -2.35. The van der Waals surface area contributed by atoms with Crippen LogP contribution in [0.3, 0.4) is 0 Å². The molecule has 0 saturated carbocycles.